The van der Waals surface area contributed by atoms with Crippen molar-refractivity contribution in [3.8, 4) is 11.4 Å². The van der Waals surface area contributed by atoms with E-state index < -0.39 is 0 Å². The molecule has 1 saturated heterocycles. The molecule has 1 aliphatic rings. The van der Waals surface area contributed by atoms with E-state index in [0.717, 1.165) is 5.56 Å². The molecule has 5 rings (SSSR count). The molecule has 0 saturated carbocycles. The summed E-state index contributed by atoms with van der Waals surface area (Å²) in [5, 5.41) is 0. The highest BCUT2D eigenvalue weighted by molar-refractivity contribution is 5.95. The number of nitrogens with zero attached hydrogens (tertiary/aromatic N) is 4. The zero-order valence-electron chi connectivity index (χ0n) is 19.6. The molecule has 0 aliphatic carbocycles. The number of halogens is 1. The van der Waals surface area contributed by atoms with Crippen LogP contribution in [0.5, 0.6) is 5.75 Å². The summed E-state index contributed by atoms with van der Waals surface area (Å²) in [6.45, 7) is 2.15. The average molecular weight is 485 g/mol. The van der Waals surface area contributed by atoms with E-state index in [9.17, 15) is 14.0 Å². The van der Waals surface area contributed by atoms with Gasteiger partial charge in [-0.25, -0.2) is 9.37 Å². The van der Waals surface area contributed by atoms with Gasteiger partial charge in [0.15, 0.2) is 0 Å². The summed E-state index contributed by atoms with van der Waals surface area (Å²) < 4.78 is 20.7. The first kappa shape index (κ1) is 23.3. The van der Waals surface area contributed by atoms with Crippen LogP contribution in [0.2, 0.25) is 0 Å². The van der Waals surface area contributed by atoms with Crippen molar-refractivity contribution in [2.45, 2.75) is 6.61 Å². The molecule has 3 aromatic carbocycles. The Labute approximate surface area is 208 Å². The Balaban J connectivity index is 1.17. The molecule has 0 spiro atoms. The lowest BCUT2D eigenvalue weighted by Crippen LogP contribution is -2.50. The first-order valence-electron chi connectivity index (χ1n) is 11.7. The smallest absolute Gasteiger partial charge is 0.272 e. The Morgan fingerprint density at radius 1 is 0.806 bits per heavy atom. The minimum Gasteiger partial charge on any atom is -0.489 e. The van der Waals surface area contributed by atoms with Crippen molar-refractivity contribution in [2.24, 2.45) is 0 Å². The Morgan fingerprint density at radius 2 is 1.44 bits per heavy atom. The zero-order valence-corrected chi connectivity index (χ0v) is 19.6. The van der Waals surface area contributed by atoms with E-state index >= 15 is 0 Å². The standard InChI is InChI=1S/C28H25FN4O3/c29-23-8-10-24(11-9-23)33-20-30-18-26(33)28(35)32-16-14-31(15-17-32)27(34)22-6-12-25(13-7-22)36-19-21-4-2-1-3-5-21/h1-13,18,20H,14-17,19H2. The predicted octanol–water partition coefficient (Wildman–Crippen LogP) is 4.19. The van der Waals surface area contributed by atoms with Crippen molar-refractivity contribution < 1.29 is 18.7 Å². The van der Waals surface area contributed by atoms with Crippen LogP contribution >= 0.6 is 0 Å². The second-order valence-corrected chi connectivity index (χ2v) is 8.51. The summed E-state index contributed by atoms with van der Waals surface area (Å²) in [6.07, 6.45) is 3.04. The topological polar surface area (TPSA) is 67.7 Å². The number of imidazole rings is 1. The SMILES string of the molecule is O=C(c1ccc(OCc2ccccc2)cc1)N1CCN(C(=O)c2cncn2-c2ccc(F)cc2)CC1. The number of benzene rings is 3. The molecule has 1 aromatic heterocycles. The lowest BCUT2D eigenvalue weighted by Gasteiger charge is -2.34. The first-order valence-corrected chi connectivity index (χ1v) is 11.7. The van der Waals surface area contributed by atoms with Gasteiger partial charge in [0.25, 0.3) is 11.8 Å². The van der Waals surface area contributed by atoms with Crippen LogP contribution in [0.15, 0.2) is 91.4 Å². The summed E-state index contributed by atoms with van der Waals surface area (Å²) in [5.41, 5.74) is 2.71. The lowest BCUT2D eigenvalue weighted by molar-refractivity contribution is 0.0531. The normalized spacial score (nSPS) is 13.5. The minimum atomic E-state index is -0.345. The quantitative estimate of drug-likeness (QED) is 0.412. The van der Waals surface area contributed by atoms with Gasteiger partial charge in [-0.3, -0.25) is 14.2 Å². The number of carbonyl (C=O) groups is 2. The molecular formula is C28H25FN4O3. The van der Waals surface area contributed by atoms with Gasteiger partial charge in [-0.2, -0.15) is 0 Å². The molecule has 2 heterocycles. The molecule has 0 N–H and O–H groups in total. The van der Waals surface area contributed by atoms with Gasteiger partial charge in [-0.1, -0.05) is 30.3 Å². The van der Waals surface area contributed by atoms with E-state index in [1.807, 2.05) is 30.3 Å². The Kier molecular flexibility index (Phi) is 6.75. The summed E-state index contributed by atoms with van der Waals surface area (Å²) in [5.74, 6) is 0.0994. The van der Waals surface area contributed by atoms with Gasteiger partial charge >= 0.3 is 0 Å². The highest BCUT2D eigenvalue weighted by Gasteiger charge is 2.27. The zero-order chi connectivity index (χ0) is 24.9. The molecule has 0 atom stereocenters. The van der Waals surface area contributed by atoms with E-state index in [4.69, 9.17) is 4.74 Å². The van der Waals surface area contributed by atoms with Gasteiger partial charge in [-0.15, -0.1) is 0 Å². The number of hydrogen-bond donors (Lipinski definition) is 0. The fourth-order valence-electron chi connectivity index (χ4n) is 4.15. The van der Waals surface area contributed by atoms with Crippen molar-refractivity contribution >= 4 is 11.8 Å². The van der Waals surface area contributed by atoms with Gasteiger partial charge in [0, 0.05) is 37.4 Å². The molecular weight excluding hydrogens is 459 g/mol. The molecule has 2 amide bonds. The molecule has 1 fully saturated rings. The molecule has 1 aliphatic heterocycles. The van der Waals surface area contributed by atoms with Crippen LogP contribution in [0.25, 0.3) is 5.69 Å². The fraction of sp³-hybridized carbons (Fsp3) is 0.179. The third-order valence-corrected chi connectivity index (χ3v) is 6.17. The highest BCUT2D eigenvalue weighted by Crippen LogP contribution is 2.18. The van der Waals surface area contributed by atoms with Crippen LogP contribution in [0.3, 0.4) is 0 Å². The third-order valence-electron chi connectivity index (χ3n) is 6.17. The molecule has 7 nitrogen and oxygen atoms in total. The van der Waals surface area contributed by atoms with Crippen LogP contribution < -0.4 is 4.74 Å². The summed E-state index contributed by atoms with van der Waals surface area (Å²) >= 11 is 0. The number of hydrogen-bond acceptors (Lipinski definition) is 4. The van der Waals surface area contributed by atoms with E-state index in [0.29, 0.717) is 55.5 Å². The Morgan fingerprint density at radius 3 is 2.11 bits per heavy atom. The molecule has 0 bridgehead atoms. The van der Waals surface area contributed by atoms with Crippen LogP contribution in [-0.4, -0.2) is 57.3 Å². The predicted molar refractivity (Wildman–Crippen MR) is 133 cm³/mol. The summed E-state index contributed by atoms with van der Waals surface area (Å²) in [4.78, 5) is 33.7. The number of piperazine rings is 1. The van der Waals surface area contributed by atoms with Crippen LogP contribution in [0.1, 0.15) is 26.4 Å². The monoisotopic (exact) mass is 484 g/mol. The molecule has 182 valence electrons. The second-order valence-electron chi connectivity index (χ2n) is 8.51. The number of aromatic nitrogens is 2. The van der Waals surface area contributed by atoms with Gasteiger partial charge < -0.3 is 14.5 Å². The number of ether oxygens (including phenoxy) is 1. The second kappa shape index (κ2) is 10.4. The Bertz CT molecular complexity index is 1330. The maximum absolute atomic E-state index is 13.3. The van der Waals surface area contributed by atoms with E-state index in [2.05, 4.69) is 4.98 Å². The molecule has 8 heteroatoms. The Hall–Kier alpha value is -4.46. The van der Waals surface area contributed by atoms with Gasteiger partial charge in [0.1, 0.15) is 23.9 Å². The maximum Gasteiger partial charge on any atom is 0.272 e. The third kappa shape index (κ3) is 5.12. The lowest BCUT2D eigenvalue weighted by atomic mass is 10.1. The van der Waals surface area contributed by atoms with Crippen molar-refractivity contribution in [1.29, 1.82) is 0 Å². The average Bonchev–Trinajstić information content (AvgIpc) is 3.42. The van der Waals surface area contributed by atoms with E-state index in [-0.39, 0.29) is 17.6 Å². The number of rotatable bonds is 6. The molecule has 36 heavy (non-hydrogen) atoms. The molecule has 0 radical (unpaired) electrons. The van der Waals surface area contributed by atoms with Crippen molar-refractivity contribution in [3.05, 3.63) is 114 Å². The number of carbonyl (C=O) groups excluding carboxylic acids is 2. The largest absolute Gasteiger partial charge is 0.489 e. The van der Waals surface area contributed by atoms with Gasteiger partial charge in [-0.05, 0) is 54.1 Å². The maximum atomic E-state index is 13.3. The number of amides is 2. The van der Waals surface area contributed by atoms with Gasteiger partial charge in [0.2, 0.25) is 0 Å². The van der Waals surface area contributed by atoms with E-state index in [1.165, 1.54) is 24.7 Å². The van der Waals surface area contributed by atoms with E-state index in [1.54, 1.807) is 50.8 Å². The van der Waals surface area contributed by atoms with Gasteiger partial charge in [0.05, 0.1) is 12.5 Å². The molecule has 4 aromatic rings. The van der Waals surface area contributed by atoms with Crippen LogP contribution in [0.4, 0.5) is 4.39 Å². The fourth-order valence-corrected chi connectivity index (χ4v) is 4.15. The van der Waals surface area contributed by atoms with Crippen molar-refractivity contribution in [2.75, 3.05) is 26.2 Å². The van der Waals surface area contributed by atoms with Crippen molar-refractivity contribution in [1.82, 2.24) is 19.4 Å². The summed E-state index contributed by atoms with van der Waals surface area (Å²) in [7, 11) is 0. The van der Waals surface area contributed by atoms with Crippen LogP contribution in [0, 0.1) is 5.82 Å². The minimum absolute atomic E-state index is 0.0759. The van der Waals surface area contributed by atoms with Crippen LogP contribution in [-0.2, 0) is 6.61 Å². The molecule has 0 unspecified atom stereocenters. The summed E-state index contributed by atoms with van der Waals surface area (Å²) in [6, 6.07) is 22.9. The highest BCUT2D eigenvalue weighted by atomic mass is 19.1. The van der Waals surface area contributed by atoms with Crippen molar-refractivity contribution in [3.63, 3.8) is 0 Å². The first-order chi connectivity index (χ1) is 17.6.